The van der Waals surface area contributed by atoms with Gasteiger partial charge in [0.1, 0.15) is 4.88 Å². The van der Waals surface area contributed by atoms with Crippen LogP contribution < -0.4 is 5.32 Å². The highest BCUT2D eigenvalue weighted by Crippen LogP contribution is 2.28. The highest BCUT2D eigenvalue weighted by atomic mass is 32.2. The van der Waals surface area contributed by atoms with E-state index in [9.17, 15) is 9.90 Å². The van der Waals surface area contributed by atoms with Gasteiger partial charge in [0.2, 0.25) is 0 Å². The van der Waals surface area contributed by atoms with Crippen LogP contribution in [0.1, 0.15) is 27.5 Å². The Hall–Kier alpha value is -1.24. The minimum Gasteiger partial charge on any atom is -0.387 e. The molecule has 2 N–H and O–H groups in total. The maximum atomic E-state index is 12.5. The molecule has 3 rings (SSSR count). The van der Waals surface area contributed by atoms with Crippen molar-refractivity contribution < 1.29 is 9.90 Å². The molecule has 118 valence electrons. The van der Waals surface area contributed by atoms with Gasteiger partial charge in [-0.2, -0.15) is 11.8 Å². The van der Waals surface area contributed by atoms with Crippen LogP contribution in [0.2, 0.25) is 0 Å². The van der Waals surface area contributed by atoms with Gasteiger partial charge in [0.05, 0.1) is 11.3 Å². The van der Waals surface area contributed by atoms with Gasteiger partial charge in [-0.15, -0.1) is 11.3 Å². The van der Waals surface area contributed by atoms with Crippen LogP contribution in [0.25, 0.3) is 5.69 Å². The van der Waals surface area contributed by atoms with Gasteiger partial charge >= 0.3 is 0 Å². The van der Waals surface area contributed by atoms with E-state index in [1.54, 1.807) is 11.8 Å². The number of carbonyl (C=O) groups excluding carboxylic acids is 1. The predicted molar refractivity (Wildman–Crippen MR) is 92.3 cm³/mol. The number of hydrogen-bond donors (Lipinski definition) is 2. The average molecular weight is 336 g/mol. The molecule has 2 aromatic heterocycles. The van der Waals surface area contributed by atoms with Gasteiger partial charge in [-0.05, 0) is 49.6 Å². The van der Waals surface area contributed by atoms with Crippen molar-refractivity contribution in [1.29, 1.82) is 0 Å². The number of aromatic nitrogens is 1. The van der Waals surface area contributed by atoms with Gasteiger partial charge < -0.3 is 15.0 Å². The SMILES string of the molecule is Cc1ccc(C)n1-c1ccsc1C(=O)NCC1(O)CCSC1. The molecular formula is C16H20N2O2S2. The minimum absolute atomic E-state index is 0.108. The van der Waals surface area contributed by atoms with Crippen LogP contribution in [0.15, 0.2) is 23.6 Å². The molecule has 1 aliphatic heterocycles. The lowest BCUT2D eigenvalue weighted by atomic mass is 10.0. The van der Waals surface area contributed by atoms with Crippen molar-refractivity contribution in [1.82, 2.24) is 9.88 Å². The number of carbonyl (C=O) groups is 1. The summed E-state index contributed by atoms with van der Waals surface area (Å²) in [6.45, 7) is 4.38. The summed E-state index contributed by atoms with van der Waals surface area (Å²) in [5.74, 6) is 1.54. The summed E-state index contributed by atoms with van der Waals surface area (Å²) in [7, 11) is 0. The topological polar surface area (TPSA) is 54.3 Å². The first-order valence-corrected chi connectivity index (χ1v) is 9.35. The number of aliphatic hydroxyl groups is 1. The molecule has 6 heteroatoms. The van der Waals surface area contributed by atoms with Crippen LogP contribution in [0.3, 0.4) is 0 Å². The fourth-order valence-corrected chi connectivity index (χ4v) is 4.85. The van der Waals surface area contributed by atoms with Crippen molar-refractivity contribution in [2.75, 3.05) is 18.1 Å². The van der Waals surface area contributed by atoms with Crippen LogP contribution in [0.5, 0.6) is 0 Å². The number of amides is 1. The summed E-state index contributed by atoms with van der Waals surface area (Å²) >= 11 is 3.17. The number of thiophene rings is 1. The monoisotopic (exact) mass is 336 g/mol. The molecule has 0 spiro atoms. The van der Waals surface area contributed by atoms with Crippen molar-refractivity contribution in [3.05, 3.63) is 39.8 Å². The van der Waals surface area contributed by atoms with E-state index in [1.807, 2.05) is 37.4 Å². The molecule has 4 nitrogen and oxygen atoms in total. The molecule has 1 saturated heterocycles. The third-order valence-electron chi connectivity index (χ3n) is 4.02. The van der Waals surface area contributed by atoms with E-state index in [4.69, 9.17) is 0 Å². The Bertz CT molecular complexity index is 665. The Kier molecular flexibility index (Phi) is 4.34. The van der Waals surface area contributed by atoms with Gasteiger partial charge in [0.15, 0.2) is 0 Å². The number of thioether (sulfide) groups is 1. The van der Waals surface area contributed by atoms with Crippen LogP contribution in [0, 0.1) is 13.8 Å². The summed E-state index contributed by atoms with van der Waals surface area (Å²) in [5.41, 5.74) is 2.37. The molecule has 22 heavy (non-hydrogen) atoms. The van der Waals surface area contributed by atoms with E-state index >= 15 is 0 Å². The zero-order valence-electron chi connectivity index (χ0n) is 12.8. The summed E-state index contributed by atoms with van der Waals surface area (Å²) in [4.78, 5) is 13.2. The normalized spacial score (nSPS) is 21.2. The number of aryl methyl sites for hydroxylation is 2. The molecule has 0 bridgehead atoms. The molecule has 1 aliphatic rings. The fourth-order valence-electron chi connectivity index (χ4n) is 2.76. The lowest BCUT2D eigenvalue weighted by Gasteiger charge is -2.21. The number of nitrogens with one attached hydrogen (secondary N) is 1. The maximum absolute atomic E-state index is 12.5. The molecular weight excluding hydrogens is 316 g/mol. The third-order valence-corrected chi connectivity index (χ3v) is 6.16. The minimum atomic E-state index is -0.753. The summed E-state index contributed by atoms with van der Waals surface area (Å²) < 4.78 is 2.09. The molecule has 1 fully saturated rings. The van der Waals surface area contributed by atoms with Crippen LogP contribution >= 0.6 is 23.1 Å². The van der Waals surface area contributed by atoms with Crippen LogP contribution in [-0.4, -0.2) is 39.2 Å². The fraction of sp³-hybridized carbons (Fsp3) is 0.438. The van der Waals surface area contributed by atoms with Crippen molar-refractivity contribution in [2.24, 2.45) is 0 Å². The number of hydrogen-bond acceptors (Lipinski definition) is 4. The maximum Gasteiger partial charge on any atom is 0.263 e. The van der Waals surface area contributed by atoms with Crippen LogP contribution in [-0.2, 0) is 0 Å². The largest absolute Gasteiger partial charge is 0.387 e. The Morgan fingerprint density at radius 3 is 2.73 bits per heavy atom. The Labute approximate surface area is 138 Å². The zero-order chi connectivity index (χ0) is 15.7. The van der Waals surface area contributed by atoms with E-state index in [0.717, 1.165) is 29.2 Å². The summed E-state index contributed by atoms with van der Waals surface area (Å²) in [6, 6.07) is 6.07. The van der Waals surface area contributed by atoms with Crippen LogP contribution in [0.4, 0.5) is 0 Å². The molecule has 0 aromatic carbocycles. The lowest BCUT2D eigenvalue weighted by molar-refractivity contribution is 0.0614. The predicted octanol–water partition coefficient (Wildman–Crippen LogP) is 2.75. The Morgan fingerprint density at radius 2 is 2.09 bits per heavy atom. The first kappa shape index (κ1) is 15.6. The second kappa shape index (κ2) is 6.10. The Morgan fingerprint density at radius 1 is 1.36 bits per heavy atom. The first-order valence-electron chi connectivity index (χ1n) is 7.31. The first-order chi connectivity index (χ1) is 10.5. The standard InChI is InChI=1S/C16H20N2O2S2/c1-11-3-4-12(2)18(11)13-5-7-22-14(13)15(19)17-9-16(20)6-8-21-10-16/h3-5,7,20H,6,8-10H2,1-2H3,(H,17,19). The van der Waals surface area contributed by atoms with E-state index in [1.165, 1.54) is 11.3 Å². The smallest absolute Gasteiger partial charge is 0.263 e. The molecule has 0 radical (unpaired) electrons. The van der Waals surface area contributed by atoms with E-state index in [-0.39, 0.29) is 5.91 Å². The van der Waals surface area contributed by atoms with Gasteiger partial charge in [0.25, 0.3) is 5.91 Å². The van der Waals surface area contributed by atoms with Gasteiger partial charge in [0, 0.05) is 23.7 Å². The lowest BCUT2D eigenvalue weighted by Crippen LogP contribution is -2.42. The van der Waals surface area contributed by atoms with Gasteiger partial charge in [-0.3, -0.25) is 4.79 Å². The number of rotatable bonds is 4. The molecule has 3 heterocycles. The molecule has 0 saturated carbocycles. The van der Waals surface area contributed by atoms with Crippen molar-refractivity contribution in [3.8, 4) is 5.69 Å². The zero-order valence-corrected chi connectivity index (χ0v) is 14.4. The van der Waals surface area contributed by atoms with Crippen molar-refractivity contribution in [2.45, 2.75) is 25.9 Å². The molecule has 1 amide bonds. The second-order valence-electron chi connectivity index (χ2n) is 5.80. The quantitative estimate of drug-likeness (QED) is 0.903. The summed E-state index contributed by atoms with van der Waals surface area (Å²) in [5, 5.41) is 15.2. The van der Waals surface area contributed by atoms with Gasteiger partial charge in [-0.25, -0.2) is 0 Å². The third kappa shape index (κ3) is 2.95. The average Bonchev–Trinajstić information content (AvgIpc) is 3.18. The summed E-state index contributed by atoms with van der Waals surface area (Å²) in [6.07, 6.45) is 0.741. The molecule has 1 unspecified atom stereocenters. The number of nitrogens with zero attached hydrogens (tertiary/aromatic N) is 1. The Balaban J connectivity index is 1.78. The van der Waals surface area contributed by atoms with E-state index in [0.29, 0.717) is 17.2 Å². The molecule has 2 aromatic rings. The molecule has 1 atom stereocenters. The second-order valence-corrected chi connectivity index (χ2v) is 7.82. The van der Waals surface area contributed by atoms with E-state index in [2.05, 4.69) is 9.88 Å². The molecule has 0 aliphatic carbocycles. The van der Waals surface area contributed by atoms with Gasteiger partial charge in [-0.1, -0.05) is 0 Å². The van der Waals surface area contributed by atoms with Crippen molar-refractivity contribution in [3.63, 3.8) is 0 Å². The highest BCUT2D eigenvalue weighted by molar-refractivity contribution is 7.99. The highest BCUT2D eigenvalue weighted by Gasteiger charge is 2.32. The van der Waals surface area contributed by atoms with Crippen molar-refractivity contribution >= 4 is 29.0 Å². The van der Waals surface area contributed by atoms with E-state index < -0.39 is 5.60 Å².